The van der Waals surface area contributed by atoms with Gasteiger partial charge in [-0.2, -0.15) is 0 Å². The van der Waals surface area contributed by atoms with Crippen molar-refractivity contribution in [3.63, 3.8) is 0 Å². The van der Waals surface area contributed by atoms with E-state index >= 15 is 0 Å². The Labute approximate surface area is 144 Å². The summed E-state index contributed by atoms with van der Waals surface area (Å²) in [6.07, 6.45) is 8.12. The third-order valence-electron chi connectivity index (χ3n) is 4.64. The van der Waals surface area contributed by atoms with Crippen LogP contribution in [0.3, 0.4) is 0 Å². The summed E-state index contributed by atoms with van der Waals surface area (Å²) in [5.41, 5.74) is 2.95. The number of nitrogens with zero attached hydrogens (tertiary/aromatic N) is 3. The molecule has 0 N–H and O–H groups in total. The summed E-state index contributed by atoms with van der Waals surface area (Å²) in [5, 5.41) is 0. The highest BCUT2D eigenvalue weighted by molar-refractivity contribution is 6.00. The maximum absolute atomic E-state index is 5.48. The van der Waals surface area contributed by atoms with Crippen LogP contribution in [0.15, 0.2) is 42.6 Å². The van der Waals surface area contributed by atoms with Crippen molar-refractivity contribution in [1.82, 2.24) is 14.5 Å². The molecule has 3 aromatic rings. The first-order valence-electron chi connectivity index (χ1n) is 8.17. The average molecular weight is 319 g/mol. The Hall–Kier alpha value is -1.83. The molecule has 1 saturated carbocycles. The van der Waals surface area contributed by atoms with Crippen LogP contribution < -0.4 is 3.79 Å². The zero-order valence-corrected chi connectivity index (χ0v) is 14.1. The highest BCUT2D eigenvalue weighted by Gasteiger charge is 2.23. The van der Waals surface area contributed by atoms with E-state index in [2.05, 4.69) is 32.2 Å². The van der Waals surface area contributed by atoms with Gasteiger partial charge in [-0.1, -0.05) is 31.4 Å². The Morgan fingerprint density at radius 3 is 2.70 bits per heavy atom. The second-order valence-electron chi connectivity index (χ2n) is 6.06. The maximum Gasteiger partial charge on any atom is 0.482 e. The number of aromatic nitrogens is 3. The molecule has 23 heavy (non-hydrogen) atoms. The molecule has 0 saturated heterocycles. The van der Waals surface area contributed by atoms with Gasteiger partial charge in [-0.15, -0.1) is 0 Å². The SMILES string of the molecule is [Al][O]c1ccccc1-c1nc2cccnc2n1C1CCCCC1. The fourth-order valence-corrected chi connectivity index (χ4v) is 3.76. The first-order chi connectivity index (χ1) is 11.4. The number of fused-ring (bicyclic) bond motifs is 1. The molecule has 2 aromatic heterocycles. The van der Waals surface area contributed by atoms with Crippen molar-refractivity contribution in [1.29, 1.82) is 0 Å². The molecule has 1 fully saturated rings. The van der Waals surface area contributed by atoms with Crippen LogP contribution in [0.25, 0.3) is 22.6 Å². The molecule has 1 aliphatic rings. The van der Waals surface area contributed by atoms with Gasteiger partial charge in [-0.25, -0.2) is 9.97 Å². The van der Waals surface area contributed by atoms with Gasteiger partial charge in [-0.05, 0) is 37.1 Å². The first kappa shape index (κ1) is 14.7. The summed E-state index contributed by atoms with van der Waals surface area (Å²) in [7, 11) is 0. The van der Waals surface area contributed by atoms with Crippen LogP contribution in [0.1, 0.15) is 38.1 Å². The Kier molecular flexibility index (Phi) is 4.07. The predicted molar refractivity (Wildman–Crippen MR) is 91.5 cm³/mol. The van der Waals surface area contributed by atoms with E-state index in [0.29, 0.717) is 6.04 Å². The van der Waals surface area contributed by atoms with E-state index in [4.69, 9.17) is 8.77 Å². The van der Waals surface area contributed by atoms with Gasteiger partial charge in [0.05, 0.1) is 11.3 Å². The van der Waals surface area contributed by atoms with Gasteiger partial charge in [0.25, 0.3) is 0 Å². The number of rotatable bonds is 3. The summed E-state index contributed by atoms with van der Waals surface area (Å²) in [6.45, 7) is 0. The van der Waals surface area contributed by atoms with E-state index in [-0.39, 0.29) is 0 Å². The highest BCUT2D eigenvalue weighted by Crippen LogP contribution is 2.37. The van der Waals surface area contributed by atoms with Gasteiger partial charge in [0.1, 0.15) is 11.3 Å². The zero-order chi connectivity index (χ0) is 15.6. The summed E-state index contributed by atoms with van der Waals surface area (Å²) in [5.74, 6) is 1.79. The molecule has 2 radical (unpaired) electrons. The molecular weight excluding hydrogens is 301 g/mol. The first-order valence-corrected chi connectivity index (χ1v) is 8.64. The largest absolute Gasteiger partial charge is 0.653 e. The lowest BCUT2D eigenvalue weighted by Gasteiger charge is -2.25. The molecule has 0 unspecified atom stereocenters. The number of imidazole rings is 1. The number of hydrogen-bond acceptors (Lipinski definition) is 3. The lowest BCUT2D eigenvalue weighted by atomic mass is 9.95. The maximum atomic E-state index is 5.48. The monoisotopic (exact) mass is 319 g/mol. The normalized spacial score (nSPS) is 15.8. The number of para-hydroxylation sites is 1. The van der Waals surface area contributed by atoms with Crippen LogP contribution in [-0.2, 0) is 0 Å². The molecular formula is C18H18AlN3O. The minimum Gasteiger partial charge on any atom is -0.653 e. The summed E-state index contributed by atoms with van der Waals surface area (Å²) in [4.78, 5) is 9.49. The van der Waals surface area contributed by atoms with Crippen LogP contribution in [0.4, 0.5) is 0 Å². The molecule has 0 amide bonds. The topological polar surface area (TPSA) is 39.9 Å². The van der Waals surface area contributed by atoms with Crippen molar-refractivity contribution in [3.05, 3.63) is 42.6 Å². The molecule has 0 bridgehead atoms. The van der Waals surface area contributed by atoms with Gasteiger partial charge in [-0.3, -0.25) is 0 Å². The molecule has 5 heteroatoms. The molecule has 1 aliphatic carbocycles. The zero-order valence-electron chi connectivity index (χ0n) is 13.0. The molecule has 0 aliphatic heterocycles. The minimum absolute atomic E-state index is 0.469. The molecule has 4 rings (SSSR count). The van der Waals surface area contributed by atoms with E-state index in [0.717, 1.165) is 28.3 Å². The predicted octanol–water partition coefficient (Wildman–Crippen LogP) is 4.07. The van der Waals surface area contributed by atoms with Gasteiger partial charge in [0, 0.05) is 12.2 Å². The van der Waals surface area contributed by atoms with Crippen molar-refractivity contribution in [3.8, 4) is 17.1 Å². The summed E-state index contributed by atoms with van der Waals surface area (Å²) >= 11 is 2.34. The van der Waals surface area contributed by atoms with Gasteiger partial charge in [0.15, 0.2) is 5.65 Å². The van der Waals surface area contributed by atoms with Gasteiger partial charge < -0.3 is 8.36 Å². The van der Waals surface area contributed by atoms with Crippen LogP contribution in [0, 0.1) is 0 Å². The van der Waals surface area contributed by atoms with E-state index in [1.54, 1.807) is 0 Å². The number of pyridine rings is 1. The van der Waals surface area contributed by atoms with Crippen LogP contribution in [0.5, 0.6) is 5.75 Å². The van der Waals surface area contributed by atoms with Crippen molar-refractivity contribution >= 4 is 27.8 Å². The third kappa shape index (κ3) is 2.65. The highest BCUT2D eigenvalue weighted by atomic mass is 27.1. The number of hydrogen-bond donors (Lipinski definition) is 0. The van der Waals surface area contributed by atoms with Crippen molar-refractivity contribution in [2.24, 2.45) is 0 Å². The fourth-order valence-electron chi connectivity index (χ4n) is 3.56. The lowest BCUT2D eigenvalue weighted by molar-refractivity contribution is 0.361. The van der Waals surface area contributed by atoms with E-state index in [1.807, 2.05) is 36.5 Å². The van der Waals surface area contributed by atoms with E-state index in [9.17, 15) is 0 Å². The summed E-state index contributed by atoms with van der Waals surface area (Å²) in [6, 6.07) is 12.5. The van der Waals surface area contributed by atoms with Gasteiger partial charge in [0.2, 0.25) is 0 Å². The third-order valence-corrected chi connectivity index (χ3v) is 4.90. The molecule has 0 atom stereocenters. The summed E-state index contributed by atoms with van der Waals surface area (Å²) < 4.78 is 7.81. The molecule has 114 valence electrons. The molecule has 1 aromatic carbocycles. The van der Waals surface area contributed by atoms with Crippen LogP contribution in [-0.4, -0.2) is 31.2 Å². The Balaban J connectivity index is 1.94. The Morgan fingerprint density at radius 1 is 1.04 bits per heavy atom. The molecule has 2 heterocycles. The van der Waals surface area contributed by atoms with Gasteiger partial charge >= 0.3 is 16.6 Å². The second kappa shape index (κ2) is 6.35. The second-order valence-corrected chi connectivity index (χ2v) is 6.29. The van der Waals surface area contributed by atoms with Crippen LogP contribution >= 0.6 is 0 Å². The Morgan fingerprint density at radius 2 is 1.87 bits per heavy atom. The average Bonchev–Trinajstić information content (AvgIpc) is 3.01. The minimum atomic E-state index is 0.469. The smallest absolute Gasteiger partial charge is 0.482 e. The lowest BCUT2D eigenvalue weighted by Crippen LogP contribution is -2.14. The quantitative estimate of drug-likeness (QED) is 0.683. The van der Waals surface area contributed by atoms with E-state index in [1.165, 1.54) is 32.1 Å². The molecule has 4 nitrogen and oxygen atoms in total. The van der Waals surface area contributed by atoms with Crippen LogP contribution in [0.2, 0.25) is 0 Å². The van der Waals surface area contributed by atoms with Crippen molar-refractivity contribution in [2.75, 3.05) is 0 Å². The number of benzene rings is 1. The standard InChI is InChI=1S/C18H19N3O.Al/c22-16-11-5-4-9-14(16)17-20-15-10-6-12-19-18(15)21(17)13-7-2-1-3-8-13;/h4-6,9-13,22H,1-3,7-8H2;/q;+1/p-1. The van der Waals surface area contributed by atoms with E-state index < -0.39 is 0 Å². The van der Waals surface area contributed by atoms with Crippen molar-refractivity contribution in [2.45, 2.75) is 38.1 Å². The Bertz CT molecular complexity index is 824. The fraction of sp³-hybridized carbons (Fsp3) is 0.333. The molecule has 0 spiro atoms. The van der Waals surface area contributed by atoms with Crippen molar-refractivity contribution < 1.29 is 3.79 Å².